The van der Waals surface area contributed by atoms with Crippen LogP contribution in [0.1, 0.15) is 48.0 Å². The standard InChI is InChI=1S/C12H26FN/c1-7-14(11(4)5)9-8-12(6,13)10(2)3/h10-11H,7-9H2,1-6H3. The highest BCUT2D eigenvalue weighted by molar-refractivity contribution is 4.79. The van der Waals surface area contributed by atoms with Gasteiger partial charge in [-0.15, -0.1) is 0 Å². The molecule has 0 radical (unpaired) electrons. The van der Waals surface area contributed by atoms with E-state index in [1.54, 1.807) is 6.92 Å². The van der Waals surface area contributed by atoms with Crippen LogP contribution in [0.5, 0.6) is 0 Å². The number of nitrogens with zero attached hydrogens (tertiary/aromatic N) is 1. The van der Waals surface area contributed by atoms with Crippen LogP contribution in [0.4, 0.5) is 4.39 Å². The van der Waals surface area contributed by atoms with Crippen molar-refractivity contribution in [2.24, 2.45) is 5.92 Å². The molecule has 0 aromatic rings. The lowest BCUT2D eigenvalue weighted by Gasteiger charge is -2.30. The zero-order valence-electron chi connectivity index (χ0n) is 10.6. The van der Waals surface area contributed by atoms with Gasteiger partial charge in [0, 0.05) is 12.6 Å². The van der Waals surface area contributed by atoms with Gasteiger partial charge in [0.05, 0.1) is 0 Å². The minimum Gasteiger partial charge on any atom is -0.301 e. The van der Waals surface area contributed by atoms with Crippen molar-refractivity contribution in [3.8, 4) is 0 Å². The van der Waals surface area contributed by atoms with Crippen LogP contribution in [0.25, 0.3) is 0 Å². The fraction of sp³-hybridized carbons (Fsp3) is 1.00. The monoisotopic (exact) mass is 203 g/mol. The third kappa shape index (κ3) is 4.41. The summed E-state index contributed by atoms with van der Waals surface area (Å²) in [5.41, 5.74) is -1.03. The molecule has 1 atom stereocenters. The lowest BCUT2D eigenvalue weighted by atomic mass is 9.91. The first-order chi connectivity index (χ1) is 6.31. The van der Waals surface area contributed by atoms with Crippen LogP contribution in [0, 0.1) is 5.92 Å². The van der Waals surface area contributed by atoms with Crippen molar-refractivity contribution in [2.45, 2.75) is 59.7 Å². The van der Waals surface area contributed by atoms with E-state index in [2.05, 4.69) is 25.7 Å². The Morgan fingerprint density at radius 1 is 1.21 bits per heavy atom. The molecule has 86 valence electrons. The Hall–Kier alpha value is -0.110. The first kappa shape index (κ1) is 13.9. The maximum atomic E-state index is 13.9. The molecule has 0 bridgehead atoms. The van der Waals surface area contributed by atoms with E-state index < -0.39 is 5.67 Å². The summed E-state index contributed by atoms with van der Waals surface area (Å²) in [6.45, 7) is 13.9. The zero-order valence-corrected chi connectivity index (χ0v) is 10.6. The highest BCUT2D eigenvalue weighted by atomic mass is 19.1. The van der Waals surface area contributed by atoms with Gasteiger partial charge >= 0.3 is 0 Å². The van der Waals surface area contributed by atoms with Crippen LogP contribution in [0.3, 0.4) is 0 Å². The van der Waals surface area contributed by atoms with Crippen LogP contribution in [0.15, 0.2) is 0 Å². The van der Waals surface area contributed by atoms with Gasteiger partial charge in [-0.1, -0.05) is 20.8 Å². The van der Waals surface area contributed by atoms with Crippen LogP contribution in [0.2, 0.25) is 0 Å². The van der Waals surface area contributed by atoms with E-state index in [1.165, 1.54) is 0 Å². The predicted octanol–water partition coefficient (Wildman–Crippen LogP) is 3.49. The summed E-state index contributed by atoms with van der Waals surface area (Å²) in [5.74, 6) is 0.105. The molecule has 0 aromatic heterocycles. The Morgan fingerprint density at radius 2 is 1.71 bits per heavy atom. The average Bonchev–Trinajstić information content (AvgIpc) is 2.04. The number of halogens is 1. The summed E-state index contributed by atoms with van der Waals surface area (Å²) in [6.07, 6.45) is 0.636. The van der Waals surface area contributed by atoms with E-state index in [0.717, 1.165) is 13.1 Å². The van der Waals surface area contributed by atoms with Gasteiger partial charge in [-0.25, -0.2) is 4.39 Å². The second-order valence-corrected chi connectivity index (χ2v) is 4.91. The number of alkyl halides is 1. The molecule has 0 N–H and O–H groups in total. The molecule has 1 nitrogen and oxygen atoms in total. The molecule has 14 heavy (non-hydrogen) atoms. The molecule has 0 aromatic carbocycles. The normalized spacial score (nSPS) is 16.7. The maximum absolute atomic E-state index is 13.9. The smallest absolute Gasteiger partial charge is 0.111 e. The zero-order chi connectivity index (χ0) is 11.4. The summed E-state index contributed by atoms with van der Waals surface area (Å²) >= 11 is 0. The van der Waals surface area contributed by atoms with E-state index in [4.69, 9.17) is 0 Å². The van der Waals surface area contributed by atoms with Crippen LogP contribution >= 0.6 is 0 Å². The van der Waals surface area contributed by atoms with Crippen molar-refractivity contribution in [2.75, 3.05) is 13.1 Å². The van der Waals surface area contributed by atoms with Gasteiger partial charge in [-0.2, -0.15) is 0 Å². The van der Waals surface area contributed by atoms with Crippen molar-refractivity contribution < 1.29 is 4.39 Å². The van der Waals surface area contributed by atoms with Crippen LogP contribution in [-0.4, -0.2) is 29.7 Å². The van der Waals surface area contributed by atoms with Gasteiger partial charge in [0.25, 0.3) is 0 Å². The second-order valence-electron chi connectivity index (χ2n) is 4.91. The fourth-order valence-electron chi connectivity index (χ4n) is 1.43. The average molecular weight is 203 g/mol. The second kappa shape index (κ2) is 5.69. The van der Waals surface area contributed by atoms with Gasteiger partial charge in [-0.3, -0.25) is 0 Å². The Balaban J connectivity index is 4.02. The van der Waals surface area contributed by atoms with E-state index in [-0.39, 0.29) is 5.92 Å². The molecule has 0 fully saturated rings. The van der Waals surface area contributed by atoms with E-state index in [9.17, 15) is 4.39 Å². The molecule has 0 saturated heterocycles. The molecule has 0 heterocycles. The minimum absolute atomic E-state index is 0.105. The van der Waals surface area contributed by atoms with E-state index >= 15 is 0 Å². The third-order valence-corrected chi connectivity index (χ3v) is 3.23. The molecule has 0 rings (SSSR count). The predicted molar refractivity (Wildman–Crippen MR) is 61.4 cm³/mol. The molecule has 1 unspecified atom stereocenters. The van der Waals surface area contributed by atoms with Crippen molar-refractivity contribution >= 4 is 0 Å². The molecule has 2 heteroatoms. The summed E-state index contributed by atoms with van der Waals surface area (Å²) in [6, 6.07) is 0.517. The van der Waals surface area contributed by atoms with Crippen molar-refractivity contribution in [1.82, 2.24) is 4.90 Å². The molecular formula is C12H26FN. The lowest BCUT2D eigenvalue weighted by Crippen LogP contribution is -2.37. The van der Waals surface area contributed by atoms with Crippen LogP contribution in [-0.2, 0) is 0 Å². The van der Waals surface area contributed by atoms with Gasteiger partial charge in [-0.05, 0) is 39.7 Å². The molecular weight excluding hydrogens is 177 g/mol. The fourth-order valence-corrected chi connectivity index (χ4v) is 1.43. The maximum Gasteiger partial charge on any atom is 0.111 e. The molecule has 0 aliphatic rings. The Bertz CT molecular complexity index is 152. The number of hydrogen-bond acceptors (Lipinski definition) is 1. The van der Waals surface area contributed by atoms with E-state index in [1.807, 2.05) is 13.8 Å². The highest BCUT2D eigenvalue weighted by Crippen LogP contribution is 2.25. The van der Waals surface area contributed by atoms with Crippen molar-refractivity contribution in [3.05, 3.63) is 0 Å². The topological polar surface area (TPSA) is 3.24 Å². The van der Waals surface area contributed by atoms with Gasteiger partial charge < -0.3 is 4.90 Å². The molecule has 0 aliphatic carbocycles. The van der Waals surface area contributed by atoms with Crippen LogP contribution < -0.4 is 0 Å². The van der Waals surface area contributed by atoms with Crippen molar-refractivity contribution in [1.29, 1.82) is 0 Å². The molecule has 0 spiro atoms. The van der Waals surface area contributed by atoms with E-state index in [0.29, 0.717) is 12.5 Å². The largest absolute Gasteiger partial charge is 0.301 e. The Kier molecular flexibility index (Phi) is 5.65. The Labute approximate surface area is 88.7 Å². The summed E-state index contributed by atoms with van der Waals surface area (Å²) in [7, 11) is 0. The van der Waals surface area contributed by atoms with Crippen molar-refractivity contribution in [3.63, 3.8) is 0 Å². The Morgan fingerprint density at radius 3 is 2.00 bits per heavy atom. The van der Waals surface area contributed by atoms with Gasteiger partial charge in [0.15, 0.2) is 0 Å². The lowest BCUT2D eigenvalue weighted by molar-refractivity contribution is 0.0868. The first-order valence-corrected chi connectivity index (χ1v) is 5.74. The van der Waals surface area contributed by atoms with Gasteiger partial charge in [0.1, 0.15) is 5.67 Å². The van der Waals surface area contributed by atoms with Gasteiger partial charge in [0.2, 0.25) is 0 Å². The summed E-state index contributed by atoms with van der Waals surface area (Å²) in [5, 5.41) is 0. The summed E-state index contributed by atoms with van der Waals surface area (Å²) in [4.78, 5) is 2.31. The molecule has 0 amide bonds. The first-order valence-electron chi connectivity index (χ1n) is 5.74. The third-order valence-electron chi connectivity index (χ3n) is 3.23. The molecule has 0 aliphatic heterocycles. The highest BCUT2D eigenvalue weighted by Gasteiger charge is 2.27. The number of hydrogen-bond donors (Lipinski definition) is 0. The number of rotatable bonds is 6. The SMILES string of the molecule is CCN(CCC(C)(F)C(C)C)C(C)C. The molecule has 0 saturated carbocycles. The summed E-state index contributed by atoms with van der Waals surface area (Å²) < 4.78 is 13.9. The minimum atomic E-state index is -1.03. The quantitative estimate of drug-likeness (QED) is 0.638.